The van der Waals surface area contributed by atoms with Gasteiger partial charge in [-0.2, -0.15) is 5.26 Å². The summed E-state index contributed by atoms with van der Waals surface area (Å²) in [6.45, 7) is 4.91. The lowest BCUT2D eigenvalue weighted by Gasteiger charge is -2.18. The minimum atomic E-state index is -0.202. The molecule has 2 unspecified atom stereocenters. The van der Waals surface area contributed by atoms with Crippen molar-refractivity contribution < 1.29 is 4.74 Å². The lowest BCUT2D eigenvalue weighted by molar-refractivity contribution is 0.107. The highest BCUT2D eigenvalue weighted by Crippen LogP contribution is 2.22. The Bertz CT molecular complexity index is 232. The highest BCUT2D eigenvalue weighted by Gasteiger charge is 2.24. The topological polar surface area (TPSA) is 45.0 Å². The molecule has 0 aromatic carbocycles. The van der Waals surface area contributed by atoms with E-state index in [1.54, 1.807) is 7.11 Å². The number of ether oxygens (including phenoxy) is 1. The van der Waals surface area contributed by atoms with Crippen LogP contribution in [0.25, 0.3) is 0 Å². The Hall–Kier alpha value is -0.590. The zero-order valence-electron chi connectivity index (χ0n) is 10.0. The van der Waals surface area contributed by atoms with Crippen LogP contribution in [0.15, 0.2) is 0 Å². The van der Waals surface area contributed by atoms with Crippen LogP contribution in [-0.4, -0.2) is 25.8 Å². The van der Waals surface area contributed by atoms with E-state index in [1.807, 2.05) is 13.8 Å². The highest BCUT2D eigenvalue weighted by molar-refractivity contribution is 4.92. The average molecular weight is 210 g/mol. The number of hydrogen-bond donors (Lipinski definition) is 1. The maximum Gasteiger partial charge on any atom is 0.0684 e. The summed E-state index contributed by atoms with van der Waals surface area (Å²) in [4.78, 5) is 0. The summed E-state index contributed by atoms with van der Waals surface area (Å²) in [5.74, 6) is 0. The van der Waals surface area contributed by atoms with Crippen molar-refractivity contribution in [3.05, 3.63) is 0 Å². The van der Waals surface area contributed by atoms with Gasteiger partial charge in [0.2, 0.25) is 0 Å². The van der Waals surface area contributed by atoms with Gasteiger partial charge in [0.25, 0.3) is 0 Å². The Morgan fingerprint density at radius 2 is 2.20 bits per heavy atom. The smallest absolute Gasteiger partial charge is 0.0684 e. The van der Waals surface area contributed by atoms with E-state index in [4.69, 9.17) is 10.00 Å². The highest BCUT2D eigenvalue weighted by atomic mass is 16.5. The summed E-state index contributed by atoms with van der Waals surface area (Å²) in [6, 6.07) is 2.91. The zero-order valence-corrected chi connectivity index (χ0v) is 10.0. The summed E-state index contributed by atoms with van der Waals surface area (Å²) < 4.78 is 5.32. The summed E-state index contributed by atoms with van der Waals surface area (Å²) in [5, 5.41) is 12.4. The summed E-state index contributed by atoms with van der Waals surface area (Å²) >= 11 is 0. The lowest BCUT2D eigenvalue weighted by atomic mass is 9.91. The molecule has 0 spiro atoms. The number of nitriles is 1. The van der Waals surface area contributed by atoms with E-state index in [0.717, 1.165) is 25.8 Å². The van der Waals surface area contributed by atoms with Crippen molar-refractivity contribution in [2.24, 2.45) is 5.41 Å². The second-order valence-corrected chi connectivity index (χ2v) is 5.07. The fourth-order valence-electron chi connectivity index (χ4n) is 1.98. The molecule has 1 N–H and O–H groups in total. The molecule has 1 rings (SSSR count). The van der Waals surface area contributed by atoms with Crippen molar-refractivity contribution >= 4 is 0 Å². The second kappa shape index (κ2) is 5.48. The van der Waals surface area contributed by atoms with Gasteiger partial charge in [-0.1, -0.05) is 0 Å². The van der Waals surface area contributed by atoms with Gasteiger partial charge < -0.3 is 10.1 Å². The maximum absolute atomic E-state index is 8.87. The van der Waals surface area contributed by atoms with Gasteiger partial charge in [0.1, 0.15) is 0 Å². The predicted molar refractivity (Wildman–Crippen MR) is 60.4 cm³/mol. The third kappa shape index (κ3) is 4.19. The van der Waals surface area contributed by atoms with Gasteiger partial charge in [0.15, 0.2) is 0 Å². The standard InChI is InChI=1S/C12H22N2O/c1-12(2,9-13)6-7-14-10-4-5-11(8-10)15-3/h10-11,14H,4-8H2,1-3H3. The fourth-order valence-corrected chi connectivity index (χ4v) is 1.98. The monoisotopic (exact) mass is 210 g/mol. The van der Waals surface area contributed by atoms with E-state index in [9.17, 15) is 0 Å². The van der Waals surface area contributed by atoms with Gasteiger partial charge in [-0.15, -0.1) is 0 Å². The van der Waals surface area contributed by atoms with Crippen LogP contribution in [0.1, 0.15) is 39.5 Å². The van der Waals surface area contributed by atoms with Crippen molar-refractivity contribution in [2.75, 3.05) is 13.7 Å². The van der Waals surface area contributed by atoms with Crippen LogP contribution in [0.4, 0.5) is 0 Å². The molecule has 86 valence electrons. The maximum atomic E-state index is 8.87. The molecule has 1 aliphatic rings. The van der Waals surface area contributed by atoms with E-state index < -0.39 is 0 Å². The number of methoxy groups -OCH3 is 1. The minimum Gasteiger partial charge on any atom is -0.381 e. The molecule has 1 saturated carbocycles. The molecule has 0 aromatic heterocycles. The summed E-state index contributed by atoms with van der Waals surface area (Å²) in [6.07, 6.45) is 4.83. The minimum absolute atomic E-state index is 0.202. The van der Waals surface area contributed by atoms with E-state index in [0.29, 0.717) is 12.1 Å². The second-order valence-electron chi connectivity index (χ2n) is 5.07. The molecule has 0 heterocycles. The molecule has 3 heteroatoms. The summed E-state index contributed by atoms with van der Waals surface area (Å²) in [5.41, 5.74) is -0.202. The number of nitrogens with one attached hydrogen (secondary N) is 1. The number of rotatable bonds is 5. The largest absolute Gasteiger partial charge is 0.381 e. The fraction of sp³-hybridized carbons (Fsp3) is 0.917. The molecule has 0 radical (unpaired) electrons. The normalized spacial score (nSPS) is 26.5. The summed E-state index contributed by atoms with van der Waals surface area (Å²) in [7, 11) is 1.78. The molecule has 1 fully saturated rings. The lowest BCUT2D eigenvalue weighted by Crippen LogP contribution is -2.30. The van der Waals surface area contributed by atoms with Crippen molar-refractivity contribution in [1.82, 2.24) is 5.32 Å². The van der Waals surface area contributed by atoms with Crippen LogP contribution in [0.5, 0.6) is 0 Å². The van der Waals surface area contributed by atoms with Crippen molar-refractivity contribution in [2.45, 2.75) is 51.7 Å². The average Bonchev–Trinajstić information content (AvgIpc) is 2.66. The van der Waals surface area contributed by atoms with Crippen LogP contribution < -0.4 is 5.32 Å². The van der Waals surface area contributed by atoms with Crippen LogP contribution in [-0.2, 0) is 4.74 Å². The van der Waals surface area contributed by atoms with Gasteiger partial charge in [-0.05, 0) is 46.1 Å². The molecular weight excluding hydrogens is 188 g/mol. The van der Waals surface area contributed by atoms with Gasteiger partial charge in [-0.3, -0.25) is 0 Å². The number of hydrogen-bond acceptors (Lipinski definition) is 3. The first kappa shape index (κ1) is 12.5. The first-order valence-corrected chi connectivity index (χ1v) is 5.75. The predicted octanol–water partition coefficient (Wildman–Crippen LogP) is 2.08. The SMILES string of the molecule is COC1CCC(NCCC(C)(C)C#N)C1. The third-order valence-electron chi connectivity index (χ3n) is 3.20. The molecule has 0 saturated heterocycles. The molecule has 3 nitrogen and oxygen atoms in total. The van der Waals surface area contributed by atoms with Crippen LogP contribution >= 0.6 is 0 Å². The van der Waals surface area contributed by atoms with Crippen molar-refractivity contribution in [3.8, 4) is 6.07 Å². The molecule has 0 aromatic rings. The van der Waals surface area contributed by atoms with Crippen LogP contribution in [0, 0.1) is 16.7 Å². The van der Waals surface area contributed by atoms with E-state index in [1.165, 1.54) is 6.42 Å². The molecule has 0 aliphatic heterocycles. The van der Waals surface area contributed by atoms with E-state index >= 15 is 0 Å². The zero-order chi connectivity index (χ0) is 11.3. The first-order chi connectivity index (χ1) is 7.07. The molecule has 2 atom stereocenters. The van der Waals surface area contributed by atoms with Crippen LogP contribution in [0.3, 0.4) is 0 Å². The first-order valence-electron chi connectivity index (χ1n) is 5.75. The van der Waals surface area contributed by atoms with Crippen molar-refractivity contribution in [1.29, 1.82) is 5.26 Å². The van der Waals surface area contributed by atoms with Gasteiger partial charge in [0, 0.05) is 13.2 Å². The van der Waals surface area contributed by atoms with E-state index in [-0.39, 0.29) is 5.41 Å². The molecule has 1 aliphatic carbocycles. The van der Waals surface area contributed by atoms with Crippen molar-refractivity contribution in [3.63, 3.8) is 0 Å². The van der Waals surface area contributed by atoms with Gasteiger partial charge >= 0.3 is 0 Å². The molecule has 0 bridgehead atoms. The van der Waals surface area contributed by atoms with Crippen LogP contribution in [0.2, 0.25) is 0 Å². The molecular formula is C12H22N2O. The Kier molecular flexibility index (Phi) is 4.56. The molecule has 15 heavy (non-hydrogen) atoms. The third-order valence-corrected chi connectivity index (χ3v) is 3.20. The number of nitrogens with zero attached hydrogens (tertiary/aromatic N) is 1. The quantitative estimate of drug-likeness (QED) is 0.755. The Labute approximate surface area is 92.8 Å². The Morgan fingerprint density at radius 1 is 1.47 bits per heavy atom. The van der Waals surface area contributed by atoms with Gasteiger partial charge in [-0.25, -0.2) is 0 Å². The van der Waals surface area contributed by atoms with E-state index in [2.05, 4.69) is 11.4 Å². The Balaban J connectivity index is 2.14. The Morgan fingerprint density at radius 3 is 2.73 bits per heavy atom. The van der Waals surface area contributed by atoms with Gasteiger partial charge in [0.05, 0.1) is 17.6 Å². The molecule has 0 amide bonds.